The van der Waals surface area contributed by atoms with Gasteiger partial charge in [0.1, 0.15) is 6.04 Å². The third kappa shape index (κ3) is 5.56. The maximum atomic E-state index is 12.0. The van der Waals surface area contributed by atoms with E-state index in [1.165, 1.54) is 5.56 Å². The Bertz CT molecular complexity index is 777. The van der Waals surface area contributed by atoms with Crippen molar-refractivity contribution < 1.29 is 9.53 Å². The molecule has 2 N–H and O–H groups in total. The molecule has 0 amide bonds. The smallest absolute Gasteiger partial charge is 0.323 e. The number of rotatable bonds is 7. The van der Waals surface area contributed by atoms with E-state index in [0.29, 0.717) is 13.0 Å². The minimum Gasteiger partial charge on any atom is -0.465 e. The van der Waals surface area contributed by atoms with Crippen molar-refractivity contribution in [2.24, 2.45) is 5.73 Å². The molecule has 3 rings (SSSR count). The van der Waals surface area contributed by atoms with Crippen LogP contribution in [0.4, 0.5) is 5.69 Å². The third-order valence-electron chi connectivity index (χ3n) is 5.03. The van der Waals surface area contributed by atoms with E-state index in [-0.39, 0.29) is 5.97 Å². The Labute approximate surface area is 175 Å². The van der Waals surface area contributed by atoms with Crippen LogP contribution in [0.3, 0.4) is 0 Å². The molecule has 1 aliphatic rings. The van der Waals surface area contributed by atoms with Gasteiger partial charge >= 0.3 is 5.97 Å². The van der Waals surface area contributed by atoms with E-state index in [0.717, 1.165) is 48.4 Å². The summed E-state index contributed by atoms with van der Waals surface area (Å²) in [7, 11) is 0. The first kappa shape index (κ1) is 20.8. The maximum Gasteiger partial charge on any atom is 0.323 e. The SMILES string of the molecule is CCOC(=O)C(N)Cc1cc(Br)ccc1N1CCN(Cc2ccccc2)CC1. The number of hydrogen-bond donors (Lipinski definition) is 1. The van der Waals surface area contributed by atoms with Crippen molar-refractivity contribution in [2.45, 2.75) is 25.9 Å². The van der Waals surface area contributed by atoms with Crippen LogP contribution in [-0.4, -0.2) is 49.7 Å². The lowest BCUT2D eigenvalue weighted by molar-refractivity contribution is -0.144. The van der Waals surface area contributed by atoms with Gasteiger partial charge in [0.15, 0.2) is 0 Å². The molecule has 0 radical (unpaired) electrons. The van der Waals surface area contributed by atoms with E-state index in [1.807, 2.05) is 6.07 Å². The lowest BCUT2D eigenvalue weighted by Gasteiger charge is -2.37. The predicted octanol–water partition coefficient (Wildman–Crippen LogP) is 3.20. The third-order valence-corrected chi connectivity index (χ3v) is 5.53. The van der Waals surface area contributed by atoms with Crippen LogP contribution in [0.5, 0.6) is 0 Å². The number of ether oxygens (including phenoxy) is 1. The number of carbonyl (C=O) groups excluding carboxylic acids is 1. The summed E-state index contributed by atoms with van der Waals surface area (Å²) in [6.45, 7) is 7.05. The number of esters is 1. The second kappa shape index (κ2) is 10.0. The molecule has 0 aromatic heterocycles. The number of benzene rings is 2. The van der Waals surface area contributed by atoms with E-state index < -0.39 is 6.04 Å². The molecule has 0 spiro atoms. The second-order valence-corrected chi connectivity index (χ2v) is 8.00. The van der Waals surface area contributed by atoms with Crippen molar-refractivity contribution in [2.75, 3.05) is 37.7 Å². The van der Waals surface area contributed by atoms with Crippen LogP contribution in [0.2, 0.25) is 0 Å². The summed E-state index contributed by atoms with van der Waals surface area (Å²) in [6, 6.07) is 16.2. The predicted molar refractivity (Wildman–Crippen MR) is 116 cm³/mol. The van der Waals surface area contributed by atoms with Crippen molar-refractivity contribution in [3.63, 3.8) is 0 Å². The fourth-order valence-corrected chi connectivity index (χ4v) is 3.99. The van der Waals surface area contributed by atoms with Gasteiger partial charge in [-0.15, -0.1) is 0 Å². The van der Waals surface area contributed by atoms with Gasteiger partial charge in [-0.2, -0.15) is 0 Å². The van der Waals surface area contributed by atoms with Crippen molar-refractivity contribution in [1.29, 1.82) is 0 Å². The molecular formula is C22H28BrN3O2. The van der Waals surface area contributed by atoms with E-state index in [9.17, 15) is 4.79 Å². The van der Waals surface area contributed by atoms with Crippen molar-refractivity contribution in [1.82, 2.24) is 4.90 Å². The van der Waals surface area contributed by atoms with Crippen LogP contribution in [-0.2, 0) is 22.5 Å². The summed E-state index contributed by atoms with van der Waals surface area (Å²) in [4.78, 5) is 16.8. The number of anilines is 1. The van der Waals surface area contributed by atoms with Gasteiger partial charge in [0.2, 0.25) is 0 Å². The molecule has 1 fully saturated rings. The van der Waals surface area contributed by atoms with Gasteiger partial charge in [-0.3, -0.25) is 9.69 Å². The van der Waals surface area contributed by atoms with Crippen molar-refractivity contribution >= 4 is 27.6 Å². The summed E-state index contributed by atoms with van der Waals surface area (Å²) in [5, 5.41) is 0. The summed E-state index contributed by atoms with van der Waals surface area (Å²) >= 11 is 3.54. The topological polar surface area (TPSA) is 58.8 Å². The zero-order valence-electron chi connectivity index (χ0n) is 16.3. The standard InChI is InChI=1S/C22H28BrN3O2/c1-2-28-22(27)20(24)15-18-14-19(23)8-9-21(18)26-12-10-25(11-13-26)16-17-6-4-3-5-7-17/h3-9,14,20H,2,10-13,15-16,24H2,1H3. The van der Waals surface area contributed by atoms with E-state index >= 15 is 0 Å². The molecule has 1 atom stereocenters. The summed E-state index contributed by atoms with van der Waals surface area (Å²) < 4.78 is 6.06. The molecule has 150 valence electrons. The van der Waals surface area contributed by atoms with Crippen LogP contribution in [0.25, 0.3) is 0 Å². The Morgan fingerprint density at radius 3 is 2.54 bits per heavy atom. The average Bonchev–Trinajstić information content (AvgIpc) is 2.70. The normalized spacial score (nSPS) is 16.0. The molecule has 1 heterocycles. The average molecular weight is 446 g/mol. The van der Waals surface area contributed by atoms with Crippen molar-refractivity contribution in [3.05, 3.63) is 64.1 Å². The number of hydrogen-bond acceptors (Lipinski definition) is 5. The summed E-state index contributed by atoms with van der Waals surface area (Å²) in [5.41, 5.74) is 9.65. The van der Waals surface area contributed by atoms with E-state index in [4.69, 9.17) is 10.5 Å². The first-order chi connectivity index (χ1) is 13.6. The first-order valence-electron chi connectivity index (χ1n) is 9.78. The Morgan fingerprint density at radius 2 is 1.86 bits per heavy atom. The Morgan fingerprint density at radius 1 is 1.14 bits per heavy atom. The summed E-state index contributed by atoms with van der Waals surface area (Å²) in [5.74, 6) is -0.346. The van der Waals surface area contributed by atoms with Crippen LogP contribution in [0.1, 0.15) is 18.1 Å². The van der Waals surface area contributed by atoms with Gasteiger partial charge in [0.05, 0.1) is 6.61 Å². The van der Waals surface area contributed by atoms with Gasteiger partial charge in [-0.1, -0.05) is 46.3 Å². The monoisotopic (exact) mass is 445 g/mol. The molecule has 28 heavy (non-hydrogen) atoms. The van der Waals surface area contributed by atoms with E-state index in [1.54, 1.807) is 6.92 Å². The lowest BCUT2D eigenvalue weighted by atomic mass is 10.0. The van der Waals surface area contributed by atoms with Crippen molar-refractivity contribution in [3.8, 4) is 0 Å². The van der Waals surface area contributed by atoms with Gasteiger partial charge in [-0.25, -0.2) is 0 Å². The molecule has 1 saturated heterocycles. The molecule has 6 heteroatoms. The molecule has 1 unspecified atom stereocenters. The van der Waals surface area contributed by atoms with Gasteiger partial charge in [0.25, 0.3) is 0 Å². The number of nitrogens with two attached hydrogens (primary N) is 1. The molecule has 0 bridgehead atoms. The van der Waals surface area contributed by atoms with Gasteiger partial charge in [-0.05, 0) is 36.2 Å². The van der Waals surface area contributed by atoms with Gasteiger partial charge in [0, 0.05) is 49.3 Å². The van der Waals surface area contributed by atoms with Gasteiger partial charge < -0.3 is 15.4 Å². The molecule has 2 aromatic carbocycles. The Balaban J connectivity index is 1.64. The zero-order valence-corrected chi connectivity index (χ0v) is 17.9. The number of nitrogens with zero attached hydrogens (tertiary/aromatic N) is 2. The zero-order chi connectivity index (χ0) is 19.9. The molecule has 0 saturated carbocycles. The van der Waals surface area contributed by atoms with E-state index in [2.05, 4.69) is 68.2 Å². The molecule has 5 nitrogen and oxygen atoms in total. The summed E-state index contributed by atoms with van der Waals surface area (Å²) in [6.07, 6.45) is 0.470. The highest BCUT2D eigenvalue weighted by Gasteiger charge is 2.22. The number of piperazine rings is 1. The Hall–Kier alpha value is -1.89. The van der Waals surface area contributed by atoms with Crippen LogP contribution in [0.15, 0.2) is 53.0 Å². The lowest BCUT2D eigenvalue weighted by Crippen LogP contribution is -2.46. The highest BCUT2D eigenvalue weighted by Crippen LogP contribution is 2.27. The fraction of sp³-hybridized carbons (Fsp3) is 0.409. The van der Waals surface area contributed by atoms with Crippen LogP contribution < -0.4 is 10.6 Å². The highest BCUT2D eigenvalue weighted by atomic mass is 79.9. The number of carbonyl (C=O) groups is 1. The molecule has 1 aliphatic heterocycles. The molecular weight excluding hydrogens is 418 g/mol. The minimum atomic E-state index is -0.646. The highest BCUT2D eigenvalue weighted by molar-refractivity contribution is 9.10. The van der Waals surface area contributed by atoms with Crippen LogP contribution >= 0.6 is 15.9 Å². The molecule has 2 aromatic rings. The van der Waals surface area contributed by atoms with Crippen LogP contribution in [0, 0.1) is 0 Å². The minimum absolute atomic E-state index is 0.346. The largest absolute Gasteiger partial charge is 0.465 e. The molecule has 0 aliphatic carbocycles. The first-order valence-corrected chi connectivity index (χ1v) is 10.6. The quantitative estimate of drug-likeness (QED) is 0.662. The number of halogens is 1. The maximum absolute atomic E-state index is 12.0. The second-order valence-electron chi connectivity index (χ2n) is 7.08. The fourth-order valence-electron chi connectivity index (χ4n) is 3.58. The Kier molecular flexibility index (Phi) is 7.48.